The van der Waals surface area contributed by atoms with Gasteiger partial charge >= 0.3 is 6.09 Å². The Balaban J connectivity index is 1.82. The summed E-state index contributed by atoms with van der Waals surface area (Å²) in [7, 11) is 0. The fourth-order valence-corrected chi connectivity index (χ4v) is 3.53. The van der Waals surface area contributed by atoms with Crippen molar-refractivity contribution in [2.45, 2.75) is 18.6 Å². The van der Waals surface area contributed by atoms with Crippen LogP contribution >= 0.6 is 0 Å². The number of amides is 1. The van der Waals surface area contributed by atoms with E-state index in [4.69, 9.17) is 0 Å². The molecule has 0 aromatic heterocycles. The number of carboxylic acid groups (broad SMARTS) is 1. The maximum atomic E-state index is 11.8. The Morgan fingerprint density at radius 1 is 1.09 bits per heavy atom. The quantitative estimate of drug-likeness (QED) is 0.848. The van der Waals surface area contributed by atoms with Gasteiger partial charge in [-0.1, -0.05) is 42.5 Å². The van der Waals surface area contributed by atoms with Gasteiger partial charge in [0.1, 0.15) is 0 Å². The molecular formula is C18H15NO3. The fourth-order valence-electron chi connectivity index (χ4n) is 3.53. The third-order valence-corrected chi connectivity index (χ3v) is 4.47. The van der Waals surface area contributed by atoms with Crippen LogP contribution in [0.3, 0.4) is 0 Å². The lowest BCUT2D eigenvalue weighted by Gasteiger charge is -2.24. The van der Waals surface area contributed by atoms with Crippen LogP contribution in [-0.4, -0.2) is 22.3 Å². The lowest BCUT2D eigenvalue weighted by atomic mass is 9.97. The van der Waals surface area contributed by atoms with Crippen LogP contribution in [0.25, 0.3) is 5.57 Å². The number of hydrogen-bond donors (Lipinski definition) is 2. The zero-order valence-corrected chi connectivity index (χ0v) is 11.8. The van der Waals surface area contributed by atoms with Gasteiger partial charge in [-0.3, -0.25) is 4.90 Å². The van der Waals surface area contributed by atoms with Gasteiger partial charge in [-0.2, -0.15) is 0 Å². The van der Waals surface area contributed by atoms with E-state index in [1.165, 1.54) is 4.90 Å². The van der Waals surface area contributed by atoms with E-state index < -0.39 is 12.2 Å². The van der Waals surface area contributed by atoms with E-state index in [1.54, 1.807) is 6.08 Å². The van der Waals surface area contributed by atoms with Crippen molar-refractivity contribution in [3.63, 3.8) is 0 Å². The minimum atomic E-state index is -0.963. The number of para-hydroxylation sites is 1. The summed E-state index contributed by atoms with van der Waals surface area (Å²) in [5.74, 6) is 0. The molecule has 2 N–H and O–H groups in total. The predicted molar refractivity (Wildman–Crippen MR) is 83.8 cm³/mol. The van der Waals surface area contributed by atoms with Crippen LogP contribution in [0.4, 0.5) is 10.5 Å². The molecule has 1 aliphatic heterocycles. The summed E-state index contributed by atoms with van der Waals surface area (Å²) < 4.78 is 0. The van der Waals surface area contributed by atoms with Gasteiger partial charge in [-0.15, -0.1) is 0 Å². The van der Waals surface area contributed by atoms with Crippen molar-refractivity contribution >= 4 is 17.4 Å². The van der Waals surface area contributed by atoms with E-state index in [1.807, 2.05) is 48.5 Å². The van der Waals surface area contributed by atoms with Crippen LogP contribution in [0.15, 0.2) is 54.6 Å². The topological polar surface area (TPSA) is 60.8 Å². The number of carbonyl (C=O) groups is 1. The van der Waals surface area contributed by atoms with Crippen molar-refractivity contribution in [2.24, 2.45) is 0 Å². The van der Waals surface area contributed by atoms with Crippen LogP contribution in [0.5, 0.6) is 0 Å². The van der Waals surface area contributed by atoms with Crippen molar-refractivity contribution in [3.05, 3.63) is 71.3 Å². The number of fused-ring (bicyclic) bond motifs is 2. The predicted octanol–water partition coefficient (Wildman–Crippen LogP) is 3.23. The third-order valence-electron chi connectivity index (χ3n) is 4.47. The minimum Gasteiger partial charge on any atom is -0.465 e. The number of nitrogens with zero attached hydrogens (tertiary/aromatic N) is 1. The number of aliphatic hydroxyl groups is 1. The molecule has 2 aliphatic rings. The molecule has 110 valence electrons. The highest BCUT2D eigenvalue weighted by Gasteiger charge is 2.38. The van der Waals surface area contributed by atoms with Gasteiger partial charge in [0, 0.05) is 0 Å². The van der Waals surface area contributed by atoms with Gasteiger partial charge in [-0.25, -0.2) is 4.79 Å². The number of hydrogen-bond acceptors (Lipinski definition) is 2. The maximum Gasteiger partial charge on any atom is 0.412 e. The maximum absolute atomic E-state index is 11.8. The number of anilines is 1. The van der Waals surface area contributed by atoms with Crippen LogP contribution in [0.2, 0.25) is 0 Å². The van der Waals surface area contributed by atoms with E-state index in [0.29, 0.717) is 6.42 Å². The molecule has 0 bridgehead atoms. The third kappa shape index (κ3) is 1.77. The van der Waals surface area contributed by atoms with Crippen molar-refractivity contribution in [1.82, 2.24) is 0 Å². The molecule has 2 atom stereocenters. The SMILES string of the molecule is O=C(O)N1c2ccccc2CC1C1=CC(O)c2ccccc21. The van der Waals surface area contributed by atoms with E-state index in [9.17, 15) is 15.0 Å². The van der Waals surface area contributed by atoms with Crippen LogP contribution in [0.1, 0.15) is 22.8 Å². The fraction of sp³-hybridized carbons (Fsp3) is 0.167. The average molecular weight is 293 g/mol. The standard InChI is InChI=1S/C18H15NO3/c20-17-10-14(12-6-2-3-7-13(12)17)16-9-11-5-1-4-8-15(11)19(16)18(21)22/h1-8,10,16-17,20H,9H2,(H,21,22). The molecule has 0 saturated heterocycles. The Kier molecular flexibility index (Phi) is 2.81. The largest absolute Gasteiger partial charge is 0.465 e. The smallest absolute Gasteiger partial charge is 0.412 e. The number of rotatable bonds is 1. The summed E-state index contributed by atoms with van der Waals surface area (Å²) in [5.41, 5.74) is 4.44. The molecule has 4 nitrogen and oxygen atoms in total. The van der Waals surface area contributed by atoms with Crippen molar-refractivity contribution < 1.29 is 15.0 Å². The Morgan fingerprint density at radius 3 is 2.64 bits per heavy atom. The summed E-state index contributed by atoms with van der Waals surface area (Å²) in [6, 6.07) is 14.9. The molecular weight excluding hydrogens is 278 g/mol. The van der Waals surface area contributed by atoms with Crippen LogP contribution in [0, 0.1) is 0 Å². The first-order valence-corrected chi connectivity index (χ1v) is 7.26. The van der Waals surface area contributed by atoms with Gasteiger partial charge in [-0.05, 0) is 40.8 Å². The molecule has 0 spiro atoms. The molecule has 1 aliphatic carbocycles. The van der Waals surface area contributed by atoms with E-state index >= 15 is 0 Å². The van der Waals surface area contributed by atoms with Gasteiger partial charge in [0.15, 0.2) is 0 Å². The van der Waals surface area contributed by atoms with Gasteiger partial charge < -0.3 is 10.2 Å². The summed E-state index contributed by atoms with van der Waals surface area (Å²) in [4.78, 5) is 13.2. The lowest BCUT2D eigenvalue weighted by Crippen LogP contribution is -2.37. The first kappa shape index (κ1) is 13.1. The summed E-state index contributed by atoms with van der Waals surface area (Å²) in [6.07, 6.45) is 0.784. The molecule has 22 heavy (non-hydrogen) atoms. The molecule has 2 aromatic carbocycles. The first-order valence-electron chi connectivity index (χ1n) is 7.26. The molecule has 0 fully saturated rings. The van der Waals surface area contributed by atoms with Gasteiger partial charge in [0.05, 0.1) is 17.8 Å². The summed E-state index contributed by atoms with van der Waals surface area (Å²) in [5, 5.41) is 19.9. The molecule has 2 aromatic rings. The van der Waals surface area contributed by atoms with E-state index in [0.717, 1.165) is 28.0 Å². The zero-order valence-electron chi connectivity index (χ0n) is 11.8. The van der Waals surface area contributed by atoms with Crippen molar-refractivity contribution in [3.8, 4) is 0 Å². The van der Waals surface area contributed by atoms with E-state index in [-0.39, 0.29) is 6.04 Å². The molecule has 1 heterocycles. The second kappa shape index (κ2) is 4.71. The monoisotopic (exact) mass is 293 g/mol. The Labute approximate surface area is 127 Å². The minimum absolute atomic E-state index is 0.284. The lowest BCUT2D eigenvalue weighted by molar-refractivity contribution is 0.201. The first-order chi connectivity index (χ1) is 10.7. The normalized spacial score (nSPS) is 22.2. The van der Waals surface area contributed by atoms with Gasteiger partial charge in [0.2, 0.25) is 0 Å². The van der Waals surface area contributed by atoms with Crippen LogP contribution in [-0.2, 0) is 6.42 Å². The van der Waals surface area contributed by atoms with E-state index in [2.05, 4.69) is 0 Å². The zero-order chi connectivity index (χ0) is 15.3. The molecule has 0 radical (unpaired) electrons. The molecule has 4 rings (SSSR count). The highest BCUT2D eigenvalue weighted by Crippen LogP contribution is 2.43. The molecule has 0 saturated carbocycles. The second-order valence-electron chi connectivity index (χ2n) is 5.66. The summed E-state index contributed by atoms with van der Waals surface area (Å²) in [6.45, 7) is 0. The molecule has 4 heteroatoms. The highest BCUT2D eigenvalue weighted by molar-refractivity contribution is 5.95. The van der Waals surface area contributed by atoms with Crippen molar-refractivity contribution in [2.75, 3.05) is 4.90 Å². The Morgan fingerprint density at radius 2 is 1.82 bits per heavy atom. The number of aliphatic hydroxyl groups excluding tert-OH is 1. The second-order valence-corrected chi connectivity index (χ2v) is 5.66. The number of benzene rings is 2. The Hall–Kier alpha value is -2.59. The average Bonchev–Trinajstić information content (AvgIpc) is 3.06. The van der Waals surface area contributed by atoms with Gasteiger partial charge in [0.25, 0.3) is 0 Å². The molecule has 2 unspecified atom stereocenters. The summed E-state index contributed by atoms with van der Waals surface area (Å²) >= 11 is 0. The highest BCUT2D eigenvalue weighted by atomic mass is 16.4. The van der Waals surface area contributed by atoms with Crippen molar-refractivity contribution in [1.29, 1.82) is 0 Å². The Bertz CT molecular complexity index is 796. The van der Waals surface area contributed by atoms with Crippen LogP contribution < -0.4 is 4.90 Å². The molecule has 1 amide bonds.